The Morgan fingerprint density at radius 3 is 1.43 bits per heavy atom. The summed E-state index contributed by atoms with van der Waals surface area (Å²) in [5.41, 5.74) is 0. The average molecular weight is 200 g/mol. The van der Waals surface area contributed by atoms with Gasteiger partial charge in [-0.1, -0.05) is 80.1 Å². The largest absolute Gasteiger partial charge is 0.0683 e. The van der Waals surface area contributed by atoms with E-state index in [0.717, 1.165) is 11.8 Å². The molecule has 0 aliphatic heterocycles. The molecule has 0 spiro atoms. The van der Waals surface area contributed by atoms with E-state index in [0.29, 0.717) is 0 Å². The van der Waals surface area contributed by atoms with Gasteiger partial charge in [0.15, 0.2) is 0 Å². The maximum atomic E-state index is 2.34. The predicted octanol–water partition coefficient (Wildman–Crippen LogP) is 5.67. The van der Waals surface area contributed by atoms with Crippen molar-refractivity contribution in [3.05, 3.63) is 0 Å². The predicted molar refractivity (Wildman–Crippen MR) is 68.7 cm³/mol. The van der Waals surface area contributed by atoms with Gasteiger partial charge in [0.25, 0.3) is 0 Å². The molecule has 0 aromatic rings. The van der Waals surface area contributed by atoms with Crippen LogP contribution in [0.5, 0.6) is 0 Å². The van der Waals surface area contributed by atoms with Gasteiger partial charge in [0, 0.05) is 0 Å². The third-order valence-electron chi connectivity index (χ3n) is 3.04. The first kappa shape index (κ1) is 16.4. The molecule has 0 unspecified atom stereocenters. The van der Waals surface area contributed by atoms with Crippen LogP contribution < -0.4 is 0 Å². The minimum atomic E-state index is 0.935. The van der Waals surface area contributed by atoms with Crippen molar-refractivity contribution >= 4 is 0 Å². The zero-order chi connectivity index (χ0) is 11.4. The molecule has 0 bridgehead atoms. The molecule has 1 rings (SSSR count). The molecule has 0 N–H and O–H groups in total. The molecular formula is C14H32. The monoisotopic (exact) mass is 200 g/mol. The summed E-state index contributed by atoms with van der Waals surface area (Å²) in [4.78, 5) is 0. The van der Waals surface area contributed by atoms with Crippen molar-refractivity contribution < 1.29 is 0 Å². The summed E-state index contributed by atoms with van der Waals surface area (Å²) in [7, 11) is 0. The van der Waals surface area contributed by atoms with Gasteiger partial charge in [-0.15, -0.1) is 0 Å². The Morgan fingerprint density at radius 2 is 1.36 bits per heavy atom. The lowest BCUT2D eigenvalue weighted by Gasteiger charge is -1.98. The molecule has 0 nitrogen and oxygen atoms in total. The summed E-state index contributed by atoms with van der Waals surface area (Å²) in [6.07, 6.45) is 8.61. The maximum absolute atomic E-state index is 2.34. The molecular weight excluding hydrogens is 168 g/mol. The van der Waals surface area contributed by atoms with Crippen molar-refractivity contribution in [1.29, 1.82) is 0 Å². The molecule has 14 heavy (non-hydrogen) atoms. The van der Waals surface area contributed by atoms with Crippen LogP contribution in [0.1, 0.15) is 80.1 Å². The Balaban J connectivity index is 0. The van der Waals surface area contributed by atoms with Gasteiger partial charge in [0.05, 0.1) is 0 Å². The molecule has 0 radical (unpaired) electrons. The van der Waals surface area contributed by atoms with E-state index in [2.05, 4.69) is 27.7 Å². The van der Waals surface area contributed by atoms with Gasteiger partial charge >= 0.3 is 0 Å². The molecule has 88 valence electrons. The highest BCUT2D eigenvalue weighted by Crippen LogP contribution is 2.22. The average Bonchev–Trinajstić information content (AvgIpc) is 2.72. The van der Waals surface area contributed by atoms with Gasteiger partial charge in [0.2, 0.25) is 0 Å². The lowest BCUT2D eigenvalue weighted by atomic mass is 10.1. The molecule has 0 aromatic carbocycles. The molecule has 0 aromatic heterocycles. The van der Waals surface area contributed by atoms with Gasteiger partial charge in [-0.25, -0.2) is 0 Å². The second-order valence-corrected chi connectivity index (χ2v) is 4.31. The van der Waals surface area contributed by atoms with Crippen LogP contribution in [0.25, 0.3) is 0 Å². The van der Waals surface area contributed by atoms with Crippen LogP contribution in [0.4, 0.5) is 0 Å². The maximum Gasteiger partial charge on any atom is -0.0443 e. The van der Waals surface area contributed by atoms with Crippen LogP contribution in [0.3, 0.4) is 0 Å². The SMILES string of the molecule is CC.CC1CCCC1.CCC(C)CC. The second-order valence-electron chi connectivity index (χ2n) is 4.31. The Kier molecular flexibility index (Phi) is 15.3. The van der Waals surface area contributed by atoms with Gasteiger partial charge in [-0.05, 0) is 11.8 Å². The van der Waals surface area contributed by atoms with E-state index in [1.807, 2.05) is 13.8 Å². The van der Waals surface area contributed by atoms with Crippen molar-refractivity contribution in [3.63, 3.8) is 0 Å². The van der Waals surface area contributed by atoms with E-state index in [-0.39, 0.29) is 0 Å². The molecule has 0 amide bonds. The minimum Gasteiger partial charge on any atom is -0.0683 e. The summed E-state index contributed by atoms with van der Waals surface area (Å²) in [6, 6.07) is 0. The quantitative estimate of drug-likeness (QED) is 0.539. The van der Waals surface area contributed by atoms with Crippen LogP contribution >= 0.6 is 0 Å². The van der Waals surface area contributed by atoms with Gasteiger partial charge in [-0.3, -0.25) is 0 Å². The first-order valence-electron chi connectivity index (χ1n) is 6.70. The summed E-state index contributed by atoms with van der Waals surface area (Å²) in [5, 5.41) is 0. The highest BCUT2D eigenvalue weighted by Gasteiger charge is 2.07. The third-order valence-corrected chi connectivity index (χ3v) is 3.04. The van der Waals surface area contributed by atoms with Crippen LogP contribution in [-0.4, -0.2) is 0 Å². The van der Waals surface area contributed by atoms with Crippen molar-refractivity contribution in [1.82, 2.24) is 0 Å². The standard InChI is InChI=1S/C6H12.C6H14.C2H6/c1-6-4-2-3-5-6;1-4-6(3)5-2;1-2/h6H,2-5H2,1H3;6H,4-5H2,1-3H3;1-2H3. The molecule has 0 atom stereocenters. The van der Waals surface area contributed by atoms with Gasteiger partial charge in [-0.2, -0.15) is 0 Å². The van der Waals surface area contributed by atoms with Crippen LogP contribution in [0.15, 0.2) is 0 Å². The zero-order valence-corrected chi connectivity index (χ0v) is 11.4. The Morgan fingerprint density at radius 1 is 1.00 bits per heavy atom. The van der Waals surface area contributed by atoms with E-state index >= 15 is 0 Å². The molecule has 1 fully saturated rings. The second kappa shape index (κ2) is 13.0. The van der Waals surface area contributed by atoms with E-state index in [1.165, 1.54) is 38.5 Å². The normalized spacial score (nSPS) is 15.6. The summed E-state index contributed by atoms with van der Waals surface area (Å²) in [6.45, 7) is 13.1. The van der Waals surface area contributed by atoms with Crippen molar-refractivity contribution in [2.24, 2.45) is 11.8 Å². The first-order valence-corrected chi connectivity index (χ1v) is 6.70. The number of rotatable bonds is 2. The highest BCUT2D eigenvalue weighted by atomic mass is 14.1. The fourth-order valence-electron chi connectivity index (χ4n) is 1.42. The molecule has 1 saturated carbocycles. The topological polar surface area (TPSA) is 0 Å². The minimum absolute atomic E-state index is 0.935. The third kappa shape index (κ3) is 12.0. The smallest absolute Gasteiger partial charge is 0.0443 e. The molecule has 1 aliphatic rings. The van der Waals surface area contributed by atoms with E-state index < -0.39 is 0 Å². The summed E-state index contributed by atoms with van der Waals surface area (Å²) in [5.74, 6) is 1.98. The lowest BCUT2D eigenvalue weighted by molar-refractivity contribution is 0.544. The summed E-state index contributed by atoms with van der Waals surface area (Å²) >= 11 is 0. The van der Waals surface area contributed by atoms with Crippen molar-refractivity contribution in [3.8, 4) is 0 Å². The van der Waals surface area contributed by atoms with Crippen LogP contribution in [0, 0.1) is 11.8 Å². The first-order chi connectivity index (χ1) is 6.70. The lowest BCUT2D eigenvalue weighted by Crippen LogP contribution is -1.85. The number of hydrogen-bond donors (Lipinski definition) is 0. The van der Waals surface area contributed by atoms with Crippen molar-refractivity contribution in [2.45, 2.75) is 80.1 Å². The molecule has 0 heteroatoms. The molecule has 1 aliphatic carbocycles. The number of hydrogen-bond acceptors (Lipinski definition) is 0. The Bertz CT molecular complexity index is 76.0. The van der Waals surface area contributed by atoms with E-state index in [9.17, 15) is 0 Å². The fourth-order valence-corrected chi connectivity index (χ4v) is 1.42. The highest BCUT2D eigenvalue weighted by molar-refractivity contribution is 4.60. The Labute approximate surface area is 92.5 Å². The van der Waals surface area contributed by atoms with Gasteiger partial charge in [0.1, 0.15) is 0 Å². The summed E-state index contributed by atoms with van der Waals surface area (Å²) < 4.78 is 0. The molecule has 0 heterocycles. The Hall–Kier alpha value is 0. The van der Waals surface area contributed by atoms with Crippen LogP contribution in [-0.2, 0) is 0 Å². The van der Waals surface area contributed by atoms with E-state index in [1.54, 1.807) is 0 Å². The van der Waals surface area contributed by atoms with E-state index in [4.69, 9.17) is 0 Å². The zero-order valence-electron chi connectivity index (χ0n) is 11.4. The van der Waals surface area contributed by atoms with Crippen LogP contribution in [0.2, 0.25) is 0 Å². The van der Waals surface area contributed by atoms with Gasteiger partial charge < -0.3 is 0 Å². The fraction of sp³-hybridized carbons (Fsp3) is 1.00. The molecule has 0 saturated heterocycles. The van der Waals surface area contributed by atoms with Crippen molar-refractivity contribution in [2.75, 3.05) is 0 Å².